The third kappa shape index (κ3) is 4.49. The number of methoxy groups -OCH3 is 1. The Morgan fingerprint density at radius 1 is 1.04 bits per heavy atom. The third-order valence-corrected chi connectivity index (χ3v) is 3.65. The monoisotopic (exact) mass is 346 g/mol. The number of anilines is 1. The second-order valence-corrected chi connectivity index (χ2v) is 5.54. The van der Waals surface area contributed by atoms with E-state index in [1.165, 1.54) is 7.11 Å². The lowest BCUT2D eigenvalue weighted by atomic mass is 10.1. The summed E-state index contributed by atoms with van der Waals surface area (Å²) in [4.78, 5) is 24.1. The molecular weight excluding hydrogens is 328 g/mol. The van der Waals surface area contributed by atoms with Crippen molar-refractivity contribution in [3.8, 4) is 5.75 Å². The van der Waals surface area contributed by atoms with Crippen molar-refractivity contribution in [3.63, 3.8) is 0 Å². The molecular formula is C18H19ClN2O3. The standard InChI is InChI=1S/C18H19ClN2O3/c1-3-10-20-17(22)12-4-6-13(7-5-12)18(23)21-14-8-9-16(24-2)15(19)11-14/h4-9,11H,3,10H2,1-2H3,(H,20,22)(H,21,23). The zero-order valence-electron chi connectivity index (χ0n) is 13.6. The summed E-state index contributed by atoms with van der Waals surface area (Å²) >= 11 is 6.04. The highest BCUT2D eigenvalue weighted by atomic mass is 35.5. The fourth-order valence-corrected chi connectivity index (χ4v) is 2.32. The molecule has 0 unspecified atom stereocenters. The zero-order chi connectivity index (χ0) is 17.5. The fourth-order valence-electron chi connectivity index (χ4n) is 2.06. The van der Waals surface area contributed by atoms with E-state index in [-0.39, 0.29) is 11.8 Å². The van der Waals surface area contributed by atoms with Crippen molar-refractivity contribution in [3.05, 3.63) is 58.6 Å². The molecule has 0 fully saturated rings. The number of hydrogen-bond acceptors (Lipinski definition) is 3. The van der Waals surface area contributed by atoms with E-state index in [0.29, 0.717) is 34.1 Å². The van der Waals surface area contributed by atoms with Crippen LogP contribution < -0.4 is 15.4 Å². The van der Waals surface area contributed by atoms with E-state index in [9.17, 15) is 9.59 Å². The molecule has 0 saturated heterocycles. The lowest BCUT2D eigenvalue weighted by Crippen LogP contribution is -2.24. The fraction of sp³-hybridized carbons (Fsp3) is 0.222. The molecule has 0 aliphatic heterocycles. The molecule has 0 atom stereocenters. The predicted octanol–water partition coefficient (Wildman–Crippen LogP) is 3.74. The maximum atomic E-state index is 12.2. The van der Waals surface area contributed by atoms with Gasteiger partial charge < -0.3 is 15.4 Å². The van der Waals surface area contributed by atoms with Crippen molar-refractivity contribution in [1.29, 1.82) is 0 Å². The Bertz CT molecular complexity index is 730. The molecule has 0 bridgehead atoms. The Morgan fingerprint density at radius 2 is 1.67 bits per heavy atom. The number of benzene rings is 2. The smallest absolute Gasteiger partial charge is 0.255 e. The molecule has 0 aliphatic carbocycles. The van der Waals surface area contributed by atoms with E-state index in [1.54, 1.807) is 42.5 Å². The number of hydrogen-bond donors (Lipinski definition) is 2. The van der Waals surface area contributed by atoms with Gasteiger partial charge in [0.15, 0.2) is 0 Å². The predicted molar refractivity (Wildman–Crippen MR) is 95.0 cm³/mol. The number of carbonyl (C=O) groups excluding carboxylic acids is 2. The average Bonchev–Trinajstić information content (AvgIpc) is 2.60. The van der Waals surface area contributed by atoms with Crippen LogP contribution in [0.2, 0.25) is 5.02 Å². The number of rotatable bonds is 6. The van der Waals surface area contributed by atoms with Crippen molar-refractivity contribution in [2.45, 2.75) is 13.3 Å². The quantitative estimate of drug-likeness (QED) is 0.837. The molecule has 2 aromatic carbocycles. The van der Waals surface area contributed by atoms with Crippen molar-refractivity contribution < 1.29 is 14.3 Å². The van der Waals surface area contributed by atoms with E-state index < -0.39 is 0 Å². The summed E-state index contributed by atoms with van der Waals surface area (Å²) in [6.45, 7) is 2.61. The first-order valence-electron chi connectivity index (χ1n) is 7.58. The van der Waals surface area contributed by atoms with Crippen LogP contribution in [0.5, 0.6) is 5.75 Å². The highest BCUT2D eigenvalue weighted by Crippen LogP contribution is 2.27. The largest absolute Gasteiger partial charge is 0.495 e. The van der Waals surface area contributed by atoms with Gasteiger partial charge in [-0.15, -0.1) is 0 Å². The Kier molecular flexibility index (Phi) is 6.21. The van der Waals surface area contributed by atoms with Gasteiger partial charge in [0, 0.05) is 23.4 Å². The summed E-state index contributed by atoms with van der Waals surface area (Å²) in [6.07, 6.45) is 0.872. The van der Waals surface area contributed by atoms with Gasteiger partial charge in [-0.25, -0.2) is 0 Å². The van der Waals surface area contributed by atoms with Gasteiger partial charge in [0.25, 0.3) is 11.8 Å². The van der Waals surface area contributed by atoms with Gasteiger partial charge in [0.1, 0.15) is 5.75 Å². The van der Waals surface area contributed by atoms with Crippen LogP contribution in [-0.4, -0.2) is 25.5 Å². The maximum Gasteiger partial charge on any atom is 0.255 e. The van der Waals surface area contributed by atoms with Crippen LogP contribution >= 0.6 is 11.6 Å². The van der Waals surface area contributed by atoms with Crippen LogP contribution in [-0.2, 0) is 0 Å². The summed E-state index contributed by atoms with van der Waals surface area (Å²) in [5.74, 6) is 0.111. The first-order chi connectivity index (χ1) is 11.5. The SMILES string of the molecule is CCCNC(=O)c1ccc(C(=O)Nc2ccc(OC)c(Cl)c2)cc1. The highest BCUT2D eigenvalue weighted by Gasteiger charge is 2.10. The molecule has 2 rings (SSSR count). The van der Waals surface area contributed by atoms with E-state index >= 15 is 0 Å². The Balaban J connectivity index is 2.05. The van der Waals surface area contributed by atoms with Crippen molar-refractivity contribution >= 4 is 29.1 Å². The minimum atomic E-state index is -0.281. The summed E-state index contributed by atoms with van der Waals surface area (Å²) in [7, 11) is 1.53. The number of ether oxygens (including phenoxy) is 1. The molecule has 0 radical (unpaired) electrons. The van der Waals surface area contributed by atoms with Gasteiger partial charge in [-0.05, 0) is 48.9 Å². The number of nitrogens with one attached hydrogen (secondary N) is 2. The van der Waals surface area contributed by atoms with Crippen LogP contribution in [0.1, 0.15) is 34.1 Å². The molecule has 0 aromatic heterocycles. The minimum absolute atomic E-state index is 0.147. The molecule has 2 amide bonds. The van der Waals surface area contributed by atoms with Crippen LogP contribution in [0.3, 0.4) is 0 Å². The van der Waals surface area contributed by atoms with Crippen molar-refractivity contribution in [2.75, 3.05) is 19.0 Å². The molecule has 2 N–H and O–H groups in total. The van der Waals surface area contributed by atoms with Crippen LogP contribution in [0.15, 0.2) is 42.5 Å². The topological polar surface area (TPSA) is 67.4 Å². The molecule has 5 nitrogen and oxygen atoms in total. The Hall–Kier alpha value is -2.53. The normalized spacial score (nSPS) is 10.1. The summed E-state index contributed by atoms with van der Waals surface area (Å²) in [5.41, 5.74) is 1.54. The highest BCUT2D eigenvalue weighted by molar-refractivity contribution is 6.32. The first kappa shape index (κ1) is 17.8. The molecule has 6 heteroatoms. The van der Waals surface area contributed by atoms with Crippen LogP contribution in [0, 0.1) is 0 Å². The van der Waals surface area contributed by atoms with Crippen molar-refractivity contribution in [2.24, 2.45) is 0 Å². The second-order valence-electron chi connectivity index (χ2n) is 5.14. The van der Waals surface area contributed by atoms with E-state index in [1.807, 2.05) is 6.92 Å². The lowest BCUT2D eigenvalue weighted by molar-refractivity contribution is 0.0951. The number of halogens is 1. The van der Waals surface area contributed by atoms with E-state index in [2.05, 4.69) is 10.6 Å². The van der Waals surface area contributed by atoms with Gasteiger partial charge in [0.05, 0.1) is 12.1 Å². The van der Waals surface area contributed by atoms with E-state index in [0.717, 1.165) is 6.42 Å². The Labute approximate surface area is 146 Å². The van der Waals surface area contributed by atoms with Gasteiger partial charge in [0.2, 0.25) is 0 Å². The second kappa shape index (κ2) is 8.36. The van der Waals surface area contributed by atoms with Gasteiger partial charge >= 0.3 is 0 Å². The Morgan fingerprint density at radius 3 is 2.21 bits per heavy atom. The number of amides is 2. The average molecular weight is 347 g/mol. The maximum absolute atomic E-state index is 12.2. The molecule has 0 spiro atoms. The molecule has 2 aromatic rings. The zero-order valence-corrected chi connectivity index (χ0v) is 14.3. The van der Waals surface area contributed by atoms with Gasteiger partial charge in [-0.2, -0.15) is 0 Å². The summed E-state index contributed by atoms with van der Waals surface area (Å²) in [6, 6.07) is 11.5. The van der Waals surface area contributed by atoms with Gasteiger partial charge in [-0.3, -0.25) is 9.59 Å². The third-order valence-electron chi connectivity index (χ3n) is 3.35. The van der Waals surface area contributed by atoms with Gasteiger partial charge in [-0.1, -0.05) is 18.5 Å². The molecule has 0 aliphatic rings. The number of carbonyl (C=O) groups is 2. The van der Waals surface area contributed by atoms with E-state index in [4.69, 9.17) is 16.3 Å². The summed E-state index contributed by atoms with van der Waals surface area (Å²) in [5, 5.41) is 5.96. The molecule has 0 saturated carbocycles. The van der Waals surface area contributed by atoms with Crippen molar-refractivity contribution in [1.82, 2.24) is 5.32 Å². The molecule has 24 heavy (non-hydrogen) atoms. The van der Waals surface area contributed by atoms with Crippen LogP contribution in [0.25, 0.3) is 0 Å². The van der Waals surface area contributed by atoms with Crippen LogP contribution in [0.4, 0.5) is 5.69 Å². The lowest BCUT2D eigenvalue weighted by Gasteiger charge is -2.09. The summed E-state index contributed by atoms with van der Waals surface area (Å²) < 4.78 is 5.07. The minimum Gasteiger partial charge on any atom is -0.495 e. The molecule has 0 heterocycles. The first-order valence-corrected chi connectivity index (χ1v) is 7.96. The molecule has 126 valence electrons.